The van der Waals surface area contributed by atoms with Crippen LogP contribution >= 0.6 is 0 Å². The molecule has 0 bridgehead atoms. The number of carbonyl (C=O) groups is 3. The van der Waals surface area contributed by atoms with Crippen molar-refractivity contribution in [1.82, 2.24) is 15.1 Å². The van der Waals surface area contributed by atoms with Crippen LogP contribution in [0.15, 0.2) is 77.3 Å². The summed E-state index contributed by atoms with van der Waals surface area (Å²) in [6.07, 6.45) is 2.76. The van der Waals surface area contributed by atoms with Crippen molar-refractivity contribution in [1.29, 1.82) is 0 Å². The summed E-state index contributed by atoms with van der Waals surface area (Å²) in [5, 5.41) is 14.5. The molecule has 228 valence electrons. The molecule has 1 atom stereocenters. The van der Waals surface area contributed by atoms with Gasteiger partial charge in [-0.3, -0.25) is 24.5 Å². The molecule has 2 aliphatic rings. The van der Waals surface area contributed by atoms with Crippen molar-refractivity contribution in [3.05, 3.63) is 98.5 Å². The number of ketones is 1. The van der Waals surface area contributed by atoms with Gasteiger partial charge in [-0.2, -0.15) is 0 Å². The third-order valence-corrected chi connectivity index (χ3v) is 8.55. The Balaban J connectivity index is 1.49. The molecule has 0 aliphatic carbocycles. The molecule has 0 spiro atoms. The Labute approximate surface area is 252 Å². The lowest BCUT2D eigenvalue weighted by Gasteiger charge is -2.40. The molecule has 1 saturated heterocycles. The van der Waals surface area contributed by atoms with Crippen molar-refractivity contribution >= 4 is 23.9 Å². The highest BCUT2D eigenvalue weighted by Gasteiger charge is 2.44. The zero-order chi connectivity index (χ0) is 31.1. The fourth-order valence-corrected chi connectivity index (χ4v) is 6.43. The lowest BCUT2D eigenvalue weighted by atomic mass is 9.72. The summed E-state index contributed by atoms with van der Waals surface area (Å²) in [7, 11) is 0. The van der Waals surface area contributed by atoms with Gasteiger partial charge in [-0.05, 0) is 77.7 Å². The van der Waals surface area contributed by atoms with Crippen molar-refractivity contribution in [2.24, 2.45) is 0 Å². The van der Waals surface area contributed by atoms with E-state index in [1.54, 1.807) is 17.0 Å². The number of hydrogen-bond donors (Lipinski definition) is 1. The topological polar surface area (TPSA) is 122 Å². The molecule has 1 fully saturated rings. The summed E-state index contributed by atoms with van der Waals surface area (Å²) in [4.78, 5) is 53.2. The molecule has 1 amide bonds. The summed E-state index contributed by atoms with van der Waals surface area (Å²) in [6.45, 7) is 9.94. The van der Waals surface area contributed by atoms with Crippen molar-refractivity contribution in [2.45, 2.75) is 58.3 Å². The summed E-state index contributed by atoms with van der Waals surface area (Å²) in [5.74, 6) is -0.862. The number of nitrogens with one attached hydrogen (secondary N) is 1. The predicted molar refractivity (Wildman–Crippen MR) is 163 cm³/mol. The van der Waals surface area contributed by atoms with E-state index in [-0.39, 0.29) is 17.4 Å². The normalized spacial score (nSPS) is 18.6. The molecule has 2 aliphatic heterocycles. The third kappa shape index (κ3) is 6.69. The number of rotatable bonds is 12. The monoisotopic (exact) mass is 588 g/mol. The van der Waals surface area contributed by atoms with E-state index in [4.69, 9.17) is 4.74 Å². The maximum Gasteiger partial charge on any atom is 0.316 e. The van der Waals surface area contributed by atoms with Gasteiger partial charge in [-0.15, -0.1) is 0 Å². The van der Waals surface area contributed by atoms with Crippen LogP contribution in [0.4, 0.5) is 5.69 Å². The fraction of sp³-hybridized carbons (Fsp3) is 0.424. The van der Waals surface area contributed by atoms with E-state index in [9.17, 15) is 24.5 Å². The molecule has 10 heteroatoms. The molecule has 0 aromatic heterocycles. The third-order valence-electron chi connectivity index (χ3n) is 8.55. The van der Waals surface area contributed by atoms with Crippen LogP contribution in [0, 0.1) is 10.1 Å². The minimum atomic E-state index is -0.663. The van der Waals surface area contributed by atoms with Crippen LogP contribution < -0.4 is 5.32 Å². The molecule has 10 nitrogen and oxygen atoms in total. The van der Waals surface area contributed by atoms with E-state index in [1.807, 2.05) is 51.1 Å². The maximum atomic E-state index is 13.1. The number of piperidine rings is 1. The van der Waals surface area contributed by atoms with Crippen LogP contribution in [0.1, 0.15) is 64.0 Å². The van der Waals surface area contributed by atoms with Gasteiger partial charge in [0.25, 0.3) is 5.69 Å². The van der Waals surface area contributed by atoms with E-state index in [2.05, 4.69) is 10.2 Å². The Hall–Kier alpha value is -4.31. The average molecular weight is 589 g/mol. The molecule has 1 N–H and O–H groups in total. The molecule has 2 aromatic carbocycles. The van der Waals surface area contributed by atoms with Crippen molar-refractivity contribution in [3.8, 4) is 0 Å². The number of ether oxygens (including phenoxy) is 1. The van der Waals surface area contributed by atoms with Gasteiger partial charge in [0.05, 0.1) is 28.6 Å². The first-order chi connectivity index (χ1) is 20.6. The fourth-order valence-electron chi connectivity index (χ4n) is 6.43. The van der Waals surface area contributed by atoms with E-state index in [0.717, 1.165) is 37.3 Å². The summed E-state index contributed by atoms with van der Waals surface area (Å²) in [5.41, 5.74) is 3.59. The predicted octanol–water partition coefficient (Wildman–Crippen LogP) is 4.82. The van der Waals surface area contributed by atoms with Gasteiger partial charge in [0, 0.05) is 35.6 Å². The first-order valence-electron chi connectivity index (χ1n) is 14.7. The quantitative estimate of drug-likeness (QED) is 0.162. The number of benzene rings is 2. The summed E-state index contributed by atoms with van der Waals surface area (Å²) in [6, 6.07) is 16.0. The number of esters is 1. The second-order valence-electron chi connectivity index (χ2n) is 11.2. The van der Waals surface area contributed by atoms with Crippen LogP contribution in [0.25, 0.3) is 0 Å². The Kier molecular flexibility index (Phi) is 10.1. The Morgan fingerprint density at radius 1 is 1.09 bits per heavy atom. The first kappa shape index (κ1) is 31.6. The van der Waals surface area contributed by atoms with E-state index in [1.165, 1.54) is 19.1 Å². The number of hydrogen-bond acceptors (Lipinski definition) is 8. The van der Waals surface area contributed by atoms with Gasteiger partial charge >= 0.3 is 5.97 Å². The average Bonchev–Trinajstić information content (AvgIpc) is 3.00. The van der Waals surface area contributed by atoms with Gasteiger partial charge in [-0.25, -0.2) is 0 Å². The number of dihydropyridines is 1. The molecule has 4 rings (SSSR count). The standard InChI is InChI=1S/C33H40N4O6/c1-5-43-32(40)33(27-10-7-6-8-11-27)16-20-35(21-17-33)18-9-19-36(22-38)31-24(3)34-23(2)29(25(4)39)30(31)26-12-14-28(15-13-26)37(41)42/h6-8,10-15,22,30,34H,5,9,16-21H2,1-4H3. The van der Waals surface area contributed by atoms with E-state index < -0.39 is 16.3 Å². The highest BCUT2D eigenvalue weighted by molar-refractivity contribution is 5.97. The number of carbonyl (C=O) groups excluding carboxylic acids is 3. The first-order valence-corrected chi connectivity index (χ1v) is 14.7. The van der Waals surface area contributed by atoms with Crippen molar-refractivity contribution in [3.63, 3.8) is 0 Å². The van der Waals surface area contributed by atoms with Gasteiger partial charge in [-0.1, -0.05) is 42.5 Å². The SMILES string of the molecule is CCOC(=O)C1(c2ccccc2)CCN(CCCN(C=O)C2=C(C)NC(C)=C(C(C)=O)C2c2ccc([N+](=O)[O-])cc2)CC1. The molecule has 1 unspecified atom stereocenters. The van der Waals surface area contributed by atoms with Gasteiger partial charge in [0.1, 0.15) is 0 Å². The maximum absolute atomic E-state index is 13.1. The lowest BCUT2D eigenvalue weighted by molar-refractivity contribution is -0.384. The van der Waals surface area contributed by atoms with Crippen LogP contribution in [0.2, 0.25) is 0 Å². The second-order valence-corrected chi connectivity index (χ2v) is 11.2. The van der Waals surface area contributed by atoms with Gasteiger partial charge < -0.3 is 19.9 Å². The molecule has 0 saturated carbocycles. The number of nitrogens with zero attached hydrogens (tertiary/aromatic N) is 3. The zero-order valence-electron chi connectivity index (χ0n) is 25.3. The largest absolute Gasteiger partial charge is 0.465 e. The van der Waals surface area contributed by atoms with Crippen molar-refractivity contribution in [2.75, 3.05) is 32.8 Å². The molecule has 2 aromatic rings. The lowest BCUT2D eigenvalue weighted by Crippen LogP contribution is -2.48. The smallest absolute Gasteiger partial charge is 0.316 e. The number of nitro benzene ring substituents is 1. The molecule has 2 heterocycles. The highest BCUT2D eigenvalue weighted by Crippen LogP contribution is 2.41. The number of nitro groups is 1. The molecule has 0 radical (unpaired) electrons. The van der Waals surface area contributed by atoms with Gasteiger partial charge in [0.2, 0.25) is 6.41 Å². The molecule has 43 heavy (non-hydrogen) atoms. The van der Waals surface area contributed by atoms with Gasteiger partial charge in [0.15, 0.2) is 5.78 Å². The number of non-ortho nitro benzene ring substituents is 1. The Bertz CT molecular complexity index is 1410. The number of amides is 1. The highest BCUT2D eigenvalue weighted by atomic mass is 16.6. The van der Waals surface area contributed by atoms with Crippen LogP contribution in [0.3, 0.4) is 0 Å². The molecular formula is C33H40N4O6. The van der Waals surface area contributed by atoms with E-state index in [0.29, 0.717) is 54.9 Å². The van der Waals surface area contributed by atoms with E-state index >= 15 is 0 Å². The minimum Gasteiger partial charge on any atom is -0.465 e. The number of Topliss-reactive ketones (excluding diaryl/α,β-unsaturated/α-hetero) is 1. The molecular weight excluding hydrogens is 548 g/mol. The zero-order valence-corrected chi connectivity index (χ0v) is 25.3. The van der Waals surface area contributed by atoms with Crippen LogP contribution in [-0.4, -0.2) is 65.7 Å². The Morgan fingerprint density at radius 2 is 1.74 bits per heavy atom. The van der Waals surface area contributed by atoms with Crippen molar-refractivity contribution < 1.29 is 24.0 Å². The summed E-state index contributed by atoms with van der Waals surface area (Å²) < 4.78 is 5.50. The number of allylic oxidation sites excluding steroid dienone is 3. The minimum absolute atomic E-state index is 0.0435. The second kappa shape index (κ2) is 13.8. The Morgan fingerprint density at radius 3 is 2.30 bits per heavy atom. The van der Waals surface area contributed by atoms with Crippen LogP contribution in [-0.2, 0) is 24.5 Å². The number of likely N-dealkylation sites (tertiary alicyclic amines) is 1. The van der Waals surface area contributed by atoms with Crippen LogP contribution in [0.5, 0.6) is 0 Å². The summed E-state index contributed by atoms with van der Waals surface area (Å²) >= 11 is 0.